The minimum absolute atomic E-state index is 0.0360. The quantitative estimate of drug-likeness (QED) is 0.0733. The van der Waals surface area contributed by atoms with Crippen LogP contribution in [0.4, 0.5) is 4.79 Å². The van der Waals surface area contributed by atoms with Gasteiger partial charge in [0.2, 0.25) is 23.6 Å². The first-order chi connectivity index (χ1) is 34.3. The summed E-state index contributed by atoms with van der Waals surface area (Å²) in [6.07, 6.45) is 1.77. The van der Waals surface area contributed by atoms with Crippen LogP contribution in [0.1, 0.15) is 116 Å². The number of likely N-dealkylation sites (tertiary alicyclic amines) is 1. The highest BCUT2D eigenvalue weighted by molar-refractivity contribution is 8.76. The number of aliphatic hydroxyl groups excluding tert-OH is 1. The third kappa shape index (κ3) is 14.5. The van der Waals surface area contributed by atoms with Gasteiger partial charge in [-0.1, -0.05) is 126 Å². The molecular formula is C55H80N6O9S2. The summed E-state index contributed by atoms with van der Waals surface area (Å²) in [5.74, 6) is -2.74. The molecule has 0 saturated carbocycles. The van der Waals surface area contributed by atoms with Gasteiger partial charge in [0.25, 0.3) is 0 Å². The van der Waals surface area contributed by atoms with Crippen molar-refractivity contribution in [1.29, 1.82) is 0 Å². The van der Waals surface area contributed by atoms with Crippen molar-refractivity contribution in [2.45, 2.75) is 159 Å². The highest BCUT2D eigenvalue weighted by Crippen LogP contribution is 2.49. The fourth-order valence-corrected chi connectivity index (χ4v) is 13.0. The molecule has 5 amide bonds. The fraction of sp³-hybridized carbons (Fsp3) is 0.600. The summed E-state index contributed by atoms with van der Waals surface area (Å²) in [7, 11) is 9.48. The molecule has 0 radical (unpaired) electrons. The smallest absolute Gasteiger partial charge is 0.410 e. The second-order valence-corrected chi connectivity index (χ2v) is 22.6. The Hall–Kier alpha value is -4.68. The summed E-state index contributed by atoms with van der Waals surface area (Å²) in [5, 5.41) is 17.6. The van der Waals surface area contributed by atoms with E-state index in [0.29, 0.717) is 31.4 Å². The molecule has 1 aromatic heterocycles. The monoisotopic (exact) mass is 1030 g/mol. The lowest BCUT2D eigenvalue weighted by Crippen LogP contribution is -2.60. The molecule has 15 nitrogen and oxygen atoms in total. The van der Waals surface area contributed by atoms with Crippen LogP contribution in [0.15, 0.2) is 84.0 Å². The normalized spacial score (nSPS) is 20.5. The molecule has 1 fully saturated rings. The fourth-order valence-electron chi connectivity index (χ4n) is 10.3. The number of benzene rings is 2. The Morgan fingerprint density at radius 2 is 1.51 bits per heavy atom. The molecule has 12 atom stereocenters. The Labute approximate surface area is 436 Å². The predicted octanol–water partition coefficient (Wildman–Crippen LogP) is 8.27. The number of ether oxygens (including phenoxy) is 3. The van der Waals surface area contributed by atoms with Gasteiger partial charge in [-0.15, -0.1) is 0 Å². The first kappa shape index (κ1) is 58.2. The number of likely N-dealkylation sites (N-methyl/N-ethyl adjacent to an activating group) is 2. The van der Waals surface area contributed by atoms with Crippen LogP contribution in [0.5, 0.6) is 0 Å². The van der Waals surface area contributed by atoms with Gasteiger partial charge in [-0.2, -0.15) is 0 Å². The van der Waals surface area contributed by atoms with E-state index in [0.717, 1.165) is 23.4 Å². The average Bonchev–Trinajstić information content (AvgIpc) is 3.87. The van der Waals surface area contributed by atoms with Crippen LogP contribution in [0.25, 0.3) is 0 Å². The Balaban J connectivity index is 1.26. The molecule has 1 aliphatic carbocycles. The van der Waals surface area contributed by atoms with Gasteiger partial charge in [0, 0.05) is 41.1 Å². The molecule has 2 aromatic carbocycles. The molecule has 2 aliphatic rings. The van der Waals surface area contributed by atoms with E-state index in [1.807, 2.05) is 102 Å². The molecule has 3 aromatic rings. The van der Waals surface area contributed by atoms with E-state index in [1.54, 1.807) is 69.0 Å². The van der Waals surface area contributed by atoms with E-state index < -0.39 is 72.5 Å². The number of aromatic nitrogens is 1. The molecule has 2 heterocycles. The largest absolute Gasteiger partial charge is 0.445 e. The Morgan fingerprint density at radius 3 is 2.14 bits per heavy atom. The average molecular weight is 1030 g/mol. The van der Waals surface area contributed by atoms with Crippen molar-refractivity contribution >= 4 is 51.3 Å². The minimum Gasteiger partial charge on any atom is -0.445 e. The molecular weight excluding hydrogens is 953 g/mol. The van der Waals surface area contributed by atoms with E-state index in [2.05, 4.69) is 27.8 Å². The third-order valence-corrected chi connectivity index (χ3v) is 17.3. The maximum Gasteiger partial charge on any atom is 0.410 e. The van der Waals surface area contributed by atoms with Crippen molar-refractivity contribution < 1.29 is 43.3 Å². The maximum atomic E-state index is 14.8. The topological polar surface area (TPSA) is 180 Å². The number of pyridine rings is 1. The number of aryl methyl sites for hydroxylation is 1. The van der Waals surface area contributed by atoms with Gasteiger partial charge in [0.1, 0.15) is 23.2 Å². The number of carbonyl (C=O) groups excluding carboxylic acids is 5. The predicted molar refractivity (Wildman–Crippen MR) is 284 cm³/mol. The van der Waals surface area contributed by atoms with Crippen molar-refractivity contribution in [2.75, 3.05) is 34.9 Å². The van der Waals surface area contributed by atoms with Crippen LogP contribution in [-0.4, -0.2) is 138 Å². The van der Waals surface area contributed by atoms with Crippen molar-refractivity contribution in [1.82, 2.24) is 30.3 Å². The van der Waals surface area contributed by atoms with Gasteiger partial charge < -0.3 is 39.8 Å². The lowest BCUT2D eigenvalue weighted by molar-refractivity contribution is -0.148. The van der Waals surface area contributed by atoms with Crippen LogP contribution >= 0.6 is 21.6 Å². The van der Waals surface area contributed by atoms with Gasteiger partial charge >= 0.3 is 6.09 Å². The molecule has 17 heteroatoms. The minimum atomic E-state index is -0.971. The standard InChI is InChI=1S/C55H80N6O9S2/c1-13-35(6)48(43(68-11)32-45(62)61-31-21-26-41(61)50(69-12)36(7)52(64)57-37(8)49(63)39-23-15-14-16-24-39)59(9)54(66)46(33(2)3)58-53(65)47(34(4)5)60(10)55(67)70-42-29-28-38-22-17-18-25-40(38)51(42)72-71-44-27-19-20-30-56-44/h14-20,22-25,27,30,33-37,41-43,46-51,63H,13,21,26,28-29,31-32H2,1-12H3,(H,57,64)(H,58,65)/t35-,36+,37+,41-,42-,43+,46?,47-,48-,49+,50+,51-/m0/s1. The zero-order valence-electron chi connectivity index (χ0n) is 44.4. The lowest BCUT2D eigenvalue weighted by Gasteiger charge is -2.41. The highest BCUT2D eigenvalue weighted by atomic mass is 33.1. The van der Waals surface area contributed by atoms with Gasteiger partial charge in [-0.3, -0.25) is 24.1 Å². The van der Waals surface area contributed by atoms with E-state index in [9.17, 15) is 29.1 Å². The van der Waals surface area contributed by atoms with Crippen LogP contribution < -0.4 is 10.6 Å². The summed E-state index contributed by atoms with van der Waals surface area (Å²) < 4.78 is 18.4. The van der Waals surface area contributed by atoms with Crippen molar-refractivity contribution in [3.05, 3.63) is 95.7 Å². The summed E-state index contributed by atoms with van der Waals surface area (Å²) in [6.45, 7) is 15.5. The summed E-state index contributed by atoms with van der Waals surface area (Å²) in [6, 6.07) is 19.7. The van der Waals surface area contributed by atoms with E-state index in [4.69, 9.17) is 14.2 Å². The highest BCUT2D eigenvalue weighted by Gasteiger charge is 2.44. The van der Waals surface area contributed by atoms with Crippen LogP contribution in [0, 0.1) is 23.7 Å². The van der Waals surface area contributed by atoms with Crippen LogP contribution in [-0.2, 0) is 39.8 Å². The molecule has 0 bridgehead atoms. The maximum absolute atomic E-state index is 14.8. The van der Waals surface area contributed by atoms with Gasteiger partial charge in [0.15, 0.2) is 0 Å². The van der Waals surface area contributed by atoms with Crippen molar-refractivity contribution in [3.63, 3.8) is 0 Å². The van der Waals surface area contributed by atoms with E-state index >= 15 is 0 Å². The molecule has 72 heavy (non-hydrogen) atoms. The van der Waals surface area contributed by atoms with Gasteiger partial charge in [-0.25, -0.2) is 9.78 Å². The number of fused-ring (bicyclic) bond motifs is 1. The van der Waals surface area contributed by atoms with E-state index in [1.165, 1.54) is 21.3 Å². The SMILES string of the molecule is CC[C@H](C)[C@@H]([C@@H](CC(=O)N1CCC[C@H]1[C@H](OC)[C@@H](C)C(=O)N[C@H](C)[C@@H](O)c1ccccc1)OC)N(C)C(=O)C(NC(=O)[C@H](C(C)C)N(C)C(=O)O[C@H]1CCc2ccccc2[C@@H]1SSc1ccccn1)C(C)C. The van der Waals surface area contributed by atoms with Gasteiger partial charge in [0.05, 0.1) is 54.0 Å². The number of hydrogen-bond donors (Lipinski definition) is 3. The molecule has 0 spiro atoms. The van der Waals surface area contributed by atoms with Crippen LogP contribution in [0.3, 0.4) is 0 Å². The van der Waals surface area contributed by atoms with E-state index in [-0.39, 0.29) is 47.1 Å². The number of carbonyl (C=O) groups is 5. The third-order valence-electron chi connectivity index (χ3n) is 14.6. The number of methoxy groups -OCH3 is 2. The first-order valence-electron chi connectivity index (χ1n) is 25.6. The number of amides is 5. The lowest BCUT2D eigenvalue weighted by atomic mass is 9.89. The second kappa shape index (κ2) is 27.6. The second-order valence-electron chi connectivity index (χ2n) is 20.2. The molecule has 3 N–H and O–H groups in total. The Kier molecular flexibility index (Phi) is 22.3. The van der Waals surface area contributed by atoms with Gasteiger partial charge in [-0.05, 0) is 90.0 Å². The number of nitrogens with zero attached hydrogens (tertiary/aromatic N) is 4. The zero-order chi connectivity index (χ0) is 52.8. The van der Waals surface area contributed by atoms with Crippen molar-refractivity contribution in [3.8, 4) is 0 Å². The number of hydrogen-bond acceptors (Lipinski definition) is 12. The number of nitrogens with one attached hydrogen (secondary N) is 2. The van der Waals surface area contributed by atoms with Crippen molar-refractivity contribution in [2.24, 2.45) is 23.7 Å². The molecule has 1 unspecified atom stereocenters. The Morgan fingerprint density at radius 1 is 0.833 bits per heavy atom. The summed E-state index contributed by atoms with van der Waals surface area (Å²) in [5.41, 5.74) is 3.01. The number of rotatable bonds is 24. The summed E-state index contributed by atoms with van der Waals surface area (Å²) in [4.78, 5) is 80.7. The molecule has 5 rings (SSSR count). The Bertz CT molecular complexity index is 2230. The molecule has 1 aliphatic heterocycles. The molecule has 396 valence electrons. The zero-order valence-corrected chi connectivity index (χ0v) is 46.0. The summed E-state index contributed by atoms with van der Waals surface area (Å²) >= 11 is 0. The number of aliphatic hydroxyl groups is 1. The van der Waals surface area contributed by atoms with Crippen LogP contribution in [0.2, 0.25) is 0 Å². The first-order valence-corrected chi connectivity index (χ1v) is 27.8. The molecule has 1 saturated heterocycles.